The maximum absolute atomic E-state index is 6.36. The normalized spacial score (nSPS) is 10.9. The van der Waals surface area contributed by atoms with Gasteiger partial charge in [0.25, 0.3) is 0 Å². The average Bonchev–Trinajstić information content (AvgIpc) is 2.97. The molecule has 0 bridgehead atoms. The molecule has 0 amide bonds. The zero-order chi connectivity index (χ0) is 26.8. The van der Waals surface area contributed by atoms with E-state index < -0.39 is 0 Å². The molecular weight excluding hydrogens is 607 g/mol. The quantitative estimate of drug-likeness (QED) is 0.197. The highest BCUT2D eigenvalue weighted by atomic mass is 127. The van der Waals surface area contributed by atoms with E-state index >= 15 is 0 Å². The third-order valence-corrected chi connectivity index (χ3v) is 7.47. The molecular formula is C35H32IN2O2+. The first-order valence-corrected chi connectivity index (χ1v) is 13.3. The molecule has 0 N–H and O–H groups in total. The minimum Gasteiger partial charge on any atom is -1.00 e. The molecule has 0 atom stereocenters. The molecule has 0 saturated carbocycles. The van der Waals surface area contributed by atoms with Crippen molar-refractivity contribution in [2.24, 2.45) is 14.1 Å². The Bertz CT molecular complexity index is 1800. The van der Waals surface area contributed by atoms with E-state index in [9.17, 15) is 0 Å². The molecule has 0 aliphatic heterocycles. The van der Waals surface area contributed by atoms with E-state index in [1.165, 1.54) is 38.5 Å². The fraction of sp³-hybridized carbons (Fsp3) is 0.143. The number of aryl methyl sites for hydroxylation is 2. The van der Waals surface area contributed by atoms with E-state index in [0.717, 1.165) is 24.2 Å². The second-order valence-corrected chi connectivity index (χ2v) is 10.0. The highest BCUT2D eigenvalue weighted by Gasteiger charge is 2.16. The average molecular weight is 640 g/mol. The molecule has 0 fully saturated rings. The Balaban J connectivity index is 0.00000323. The highest BCUT2D eigenvalue weighted by Crippen LogP contribution is 2.33. The Morgan fingerprint density at radius 1 is 0.575 bits per heavy atom. The molecule has 4 nitrogen and oxygen atoms in total. The van der Waals surface area contributed by atoms with Crippen LogP contribution in [0.1, 0.15) is 22.5 Å². The van der Waals surface area contributed by atoms with Gasteiger partial charge >= 0.3 is 0 Å². The maximum Gasteiger partial charge on any atom is 0.193 e. The fourth-order valence-electron chi connectivity index (χ4n) is 5.29. The van der Waals surface area contributed by atoms with Crippen molar-refractivity contribution in [2.45, 2.75) is 12.8 Å². The lowest BCUT2D eigenvalue weighted by Crippen LogP contribution is -3.00. The minimum absolute atomic E-state index is 0. The van der Waals surface area contributed by atoms with Crippen LogP contribution in [0.3, 0.4) is 0 Å². The Labute approximate surface area is 252 Å². The largest absolute Gasteiger partial charge is 1.00 e. The van der Waals surface area contributed by atoms with Crippen LogP contribution in [0, 0.1) is 0 Å². The van der Waals surface area contributed by atoms with Crippen LogP contribution in [0.2, 0.25) is 0 Å². The summed E-state index contributed by atoms with van der Waals surface area (Å²) < 4.78 is 16.4. The summed E-state index contributed by atoms with van der Waals surface area (Å²) in [6.07, 6.45) is 5.89. The standard InChI is InChI=1S/C35H32N2O2.HI/c1-36-20-18-27-8-4-6-10-30(27)32(36)22-25-12-15-29(16-13-25)39-35-24-26(14-17-34(35)38-3)23-33-31-11-7-5-9-28(31)19-21-37(33)2;/h4-21,24H,22-23H2,1-3H3;1H/q+2;/p-1. The SMILES string of the molecule is COc1ccc(Cc2c3ccccc3cc[n+]2C)cc1Oc1ccc(Cc2c3ccccc3cc[n+]2C)cc1.[I-]. The van der Waals surface area contributed by atoms with Gasteiger partial charge in [0.05, 0.1) is 20.0 Å². The molecule has 0 aliphatic carbocycles. The molecule has 2 heterocycles. The molecule has 6 rings (SSSR count). The van der Waals surface area contributed by atoms with Gasteiger partial charge in [0.15, 0.2) is 35.3 Å². The Hall–Kier alpha value is -3.97. The number of fused-ring (bicyclic) bond motifs is 2. The summed E-state index contributed by atoms with van der Waals surface area (Å²) in [4.78, 5) is 0. The van der Waals surface area contributed by atoms with Crippen molar-refractivity contribution in [3.05, 3.63) is 138 Å². The van der Waals surface area contributed by atoms with Crippen molar-refractivity contribution < 1.29 is 42.6 Å². The predicted molar refractivity (Wildman–Crippen MR) is 155 cm³/mol. The molecule has 0 saturated heterocycles. The van der Waals surface area contributed by atoms with Gasteiger partial charge in [0.2, 0.25) is 0 Å². The first-order valence-electron chi connectivity index (χ1n) is 13.3. The second kappa shape index (κ2) is 12.0. The van der Waals surface area contributed by atoms with E-state index in [0.29, 0.717) is 11.5 Å². The Morgan fingerprint density at radius 2 is 1.10 bits per heavy atom. The van der Waals surface area contributed by atoms with Crippen molar-refractivity contribution in [1.29, 1.82) is 0 Å². The van der Waals surface area contributed by atoms with Gasteiger partial charge in [-0.2, -0.15) is 0 Å². The molecule has 0 spiro atoms. The molecule has 6 aromatic rings. The molecule has 2 aromatic heterocycles. The van der Waals surface area contributed by atoms with Gasteiger partial charge in [-0.3, -0.25) is 0 Å². The van der Waals surface area contributed by atoms with Gasteiger partial charge in [-0.05, 0) is 58.3 Å². The number of hydrogen-bond acceptors (Lipinski definition) is 2. The molecule has 0 radical (unpaired) electrons. The topological polar surface area (TPSA) is 26.2 Å². The van der Waals surface area contributed by atoms with Crippen LogP contribution in [0.25, 0.3) is 21.5 Å². The maximum atomic E-state index is 6.36. The third kappa shape index (κ3) is 5.65. The number of rotatable bonds is 7. The van der Waals surface area contributed by atoms with Crippen molar-refractivity contribution in [3.63, 3.8) is 0 Å². The number of pyridine rings is 2. The number of hydrogen-bond donors (Lipinski definition) is 0. The van der Waals surface area contributed by atoms with Gasteiger partial charge < -0.3 is 33.5 Å². The van der Waals surface area contributed by atoms with Crippen LogP contribution in [-0.2, 0) is 26.9 Å². The van der Waals surface area contributed by atoms with Crippen molar-refractivity contribution in [1.82, 2.24) is 0 Å². The summed E-state index contributed by atoms with van der Waals surface area (Å²) in [5.41, 5.74) is 4.95. The molecule has 4 aromatic carbocycles. The zero-order valence-corrected chi connectivity index (χ0v) is 25.1. The number of nitrogens with zero attached hydrogens (tertiary/aromatic N) is 2. The van der Waals surface area contributed by atoms with E-state index in [1.54, 1.807) is 7.11 Å². The molecule has 0 unspecified atom stereocenters. The predicted octanol–water partition coefficient (Wildman–Crippen LogP) is 3.63. The number of methoxy groups -OCH3 is 1. The van der Waals surface area contributed by atoms with Crippen LogP contribution < -0.4 is 42.6 Å². The lowest BCUT2D eigenvalue weighted by molar-refractivity contribution is -0.677. The first-order chi connectivity index (χ1) is 19.1. The van der Waals surface area contributed by atoms with Gasteiger partial charge in [-0.15, -0.1) is 0 Å². The van der Waals surface area contributed by atoms with Gasteiger partial charge in [0, 0.05) is 22.9 Å². The number of ether oxygens (including phenoxy) is 2. The molecule has 5 heteroatoms. The van der Waals surface area contributed by atoms with Crippen molar-refractivity contribution >= 4 is 21.5 Å². The smallest absolute Gasteiger partial charge is 0.193 e. The van der Waals surface area contributed by atoms with Crippen LogP contribution in [0.4, 0.5) is 0 Å². The molecule has 40 heavy (non-hydrogen) atoms. The zero-order valence-electron chi connectivity index (χ0n) is 23.0. The molecule has 0 aliphatic rings. The van der Waals surface area contributed by atoms with Crippen LogP contribution in [-0.4, -0.2) is 7.11 Å². The summed E-state index contributed by atoms with van der Waals surface area (Å²) in [5.74, 6) is 2.21. The van der Waals surface area contributed by atoms with Crippen LogP contribution in [0.5, 0.6) is 17.2 Å². The van der Waals surface area contributed by atoms with Gasteiger partial charge in [-0.1, -0.05) is 54.6 Å². The third-order valence-electron chi connectivity index (χ3n) is 7.47. The fourth-order valence-corrected chi connectivity index (χ4v) is 5.29. The second-order valence-electron chi connectivity index (χ2n) is 10.0. The van der Waals surface area contributed by atoms with Crippen molar-refractivity contribution in [3.8, 4) is 17.2 Å². The number of halogens is 1. The van der Waals surface area contributed by atoms with Gasteiger partial charge in [-0.25, -0.2) is 9.13 Å². The Morgan fingerprint density at radius 3 is 1.68 bits per heavy atom. The van der Waals surface area contributed by atoms with Crippen molar-refractivity contribution in [2.75, 3.05) is 7.11 Å². The number of benzene rings is 4. The Kier molecular flexibility index (Phi) is 8.31. The molecule has 200 valence electrons. The van der Waals surface area contributed by atoms with Crippen LogP contribution >= 0.6 is 0 Å². The summed E-state index contributed by atoms with van der Waals surface area (Å²) in [6.45, 7) is 0. The van der Waals surface area contributed by atoms with E-state index in [2.05, 4.69) is 121 Å². The van der Waals surface area contributed by atoms with E-state index in [-0.39, 0.29) is 24.0 Å². The minimum atomic E-state index is 0. The number of aromatic nitrogens is 2. The van der Waals surface area contributed by atoms with E-state index in [4.69, 9.17) is 9.47 Å². The summed E-state index contributed by atoms with van der Waals surface area (Å²) in [5, 5.41) is 5.04. The summed E-state index contributed by atoms with van der Waals surface area (Å²) >= 11 is 0. The lowest BCUT2D eigenvalue weighted by atomic mass is 10.0. The monoisotopic (exact) mass is 639 g/mol. The lowest BCUT2D eigenvalue weighted by Gasteiger charge is -2.13. The summed E-state index contributed by atoms with van der Waals surface area (Å²) in [7, 11) is 5.89. The first kappa shape index (κ1) is 27.6. The highest BCUT2D eigenvalue weighted by molar-refractivity contribution is 5.84. The van der Waals surface area contributed by atoms with Crippen LogP contribution in [0.15, 0.2) is 116 Å². The summed E-state index contributed by atoms with van der Waals surface area (Å²) in [6, 6.07) is 35.9. The van der Waals surface area contributed by atoms with Gasteiger partial charge in [0.1, 0.15) is 19.8 Å². The van der Waals surface area contributed by atoms with E-state index in [1.807, 2.05) is 18.2 Å².